The Balaban J connectivity index is 0.000000403. The van der Waals surface area contributed by atoms with Crippen molar-refractivity contribution in [3.05, 3.63) is 78.4 Å². The van der Waals surface area contributed by atoms with Crippen LogP contribution in [0, 0.1) is 11.3 Å². The number of hydrogen-bond acceptors (Lipinski definition) is 5. The molecule has 0 spiro atoms. The molecular weight excluding hydrogens is 534 g/mol. The van der Waals surface area contributed by atoms with Gasteiger partial charge >= 0.3 is 35.7 Å². The second-order valence-electron chi connectivity index (χ2n) is 9.26. The van der Waals surface area contributed by atoms with Gasteiger partial charge in [0.05, 0.1) is 11.6 Å². The molecule has 0 fully saturated rings. The zero-order valence-corrected chi connectivity index (χ0v) is 25.4. The predicted molar refractivity (Wildman–Crippen MR) is 142 cm³/mol. The molecule has 2 amide bonds. The molecule has 1 aliphatic heterocycles. The number of halogens is 3. The molecule has 11 heteroatoms. The summed E-state index contributed by atoms with van der Waals surface area (Å²) in [6.07, 6.45) is -0.508. The van der Waals surface area contributed by atoms with Crippen molar-refractivity contribution in [1.82, 2.24) is 10.6 Å². The van der Waals surface area contributed by atoms with E-state index in [1.165, 1.54) is 18.2 Å². The van der Waals surface area contributed by atoms with E-state index in [-0.39, 0.29) is 48.0 Å². The van der Waals surface area contributed by atoms with Crippen LogP contribution < -0.4 is 50.0 Å². The number of ether oxygens (including phenoxy) is 1. The molecule has 1 heterocycles. The van der Waals surface area contributed by atoms with E-state index >= 15 is 0 Å². The number of hydrogen-bond donors (Lipinski definition) is 2. The van der Waals surface area contributed by atoms with Crippen molar-refractivity contribution >= 4 is 17.8 Å². The van der Waals surface area contributed by atoms with Gasteiger partial charge in [0, 0.05) is 6.42 Å². The largest absolute Gasteiger partial charge is 1.00 e. The predicted octanol–water partition coefficient (Wildman–Crippen LogP) is 1.80. The van der Waals surface area contributed by atoms with Crippen molar-refractivity contribution < 1.29 is 62.2 Å². The van der Waals surface area contributed by atoms with Crippen LogP contribution in [0.3, 0.4) is 0 Å². The van der Waals surface area contributed by atoms with Crippen molar-refractivity contribution in [1.29, 1.82) is 0 Å². The van der Waals surface area contributed by atoms with Gasteiger partial charge in [-0.2, -0.15) is 13.2 Å². The molecule has 3 unspecified atom stereocenters. The number of alkyl halides is 3. The van der Waals surface area contributed by atoms with Crippen molar-refractivity contribution in [2.45, 2.75) is 51.8 Å². The molecule has 212 valence electrons. The summed E-state index contributed by atoms with van der Waals surface area (Å²) in [5, 5.41) is 16.2. The second-order valence-corrected chi connectivity index (χ2v) is 9.26. The van der Waals surface area contributed by atoms with E-state index in [1.54, 1.807) is 0 Å². The van der Waals surface area contributed by atoms with E-state index in [9.17, 15) is 27.9 Å². The molecular formula is C29H35F3N3NaO4. The van der Waals surface area contributed by atoms with E-state index < -0.39 is 35.0 Å². The first-order valence-corrected chi connectivity index (χ1v) is 12.8. The molecule has 0 aromatic heterocycles. The maximum atomic E-state index is 12.6. The molecule has 0 bridgehead atoms. The van der Waals surface area contributed by atoms with Gasteiger partial charge < -0.3 is 20.5 Å². The van der Waals surface area contributed by atoms with Gasteiger partial charge in [-0.3, -0.25) is 9.59 Å². The van der Waals surface area contributed by atoms with E-state index in [4.69, 9.17) is 4.74 Å². The van der Waals surface area contributed by atoms with Crippen LogP contribution in [0.15, 0.2) is 72.2 Å². The molecule has 0 aliphatic carbocycles. The van der Waals surface area contributed by atoms with E-state index in [0.29, 0.717) is 5.75 Å². The fraction of sp³-hybridized carbons (Fsp3) is 0.414. The van der Waals surface area contributed by atoms with Gasteiger partial charge in [-0.25, -0.2) is 4.99 Å². The summed E-state index contributed by atoms with van der Waals surface area (Å²) in [5.74, 6) is -0.941. The number of carbonyl (C=O) groups excluding carboxylic acids is 2. The van der Waals surface area contributed by atoms with Crippen molar-refractivity contribution in [3.63, 3.8) is 0 Å². The van der Waals surface area contributed by atoms with Gasteiger partial charge in [-0.05, 0) is 62.2 Å². The number of benzene rings is 2. The summed E-state index contributed by atoms with van der Waals surface area (Å²) >= 11 is 0. The number of nitrogens with one attached hydrogen (secondary N) is 2. The summed E-state index contributed by atoms with van der Waals surface area (Å²) in [7, 11) is 1.85. The minimum atomic E-state index is -4.33. The third kappa shape index (κ3) is 9.47. The first kappa shape index (κ1) is 35.4. The molecule has 3 rings (SSSR count). The standard InChI is InChI=1S/C17H18F3NO.C12H18N2O3.Na/c1-21-12-11-16(13-5-3-2-4-6-13)22-15-9-7-14(8-10-15)17(18,19)20;1-4-6-8(3)12(7-5-2)9(15)13-11(17)14-10(12)16;/h2-10,16,21H,11-12H2,1H3;5,8H,2,4,6-7H2,1,3H3,(H2,13,14,15,16,17);/q;;+1/p-1. The summed E-state index contributed by atoms with van der Waals surface area (Å²) in [6, 6.07) is 13.6. The van der Waals surface area contributed by atoms with Gasteiger partial charge in [0.25, 0.3) is 5.91 Å². The molecule has 3 atom stereocenters. The summed E-state index contributed by atoms with van der Waals surface area (Å²) < 4.78 is 43.6. The molecule has 7 nitrogen and oxygen atoms in total. The van der Waals surface area contributed by atoms with Crippen LogP contribution in [0.2, 0.25) is 0 Å². The SMILES string of the molecule is C=CCC1(C(C)CCC)C(=O)N=C([O-])NC1=O.CNCCC(Oc1ccc(C(F)(F)F)cc1)c1ccccc1.[Na+]. The Kier molecular flexibility index (Phi) is 14.6. The average Bonchev–Trinajstić information content (AvgIpc) is 2.89. The number of amidine groups is 1. The Morgan fingerprint density at radius 3 is 2.25 bits per heavy atom. The molecule has 0 saturated heterocycles. The van der Waals surface area contributed by atoms with Crippen LogP contribution in [0.4, 0.5) is 13.2 Å². The molecule has 2 N–H and O–H groups in total. The monoisotopic (exact) mass is 569 g/mol. The maximum absolute atomic E-state index is 12.6. The zero-order valence-electron chi connectivity index (χ0n) is 23.4. The minimum absolute atomic E-state index is 0. The molecule has 40 heavy (non-hydrogen) atoms. The smallest absolute Gasteiger partial charge is 0.846 e. The Bertz CT molecular complexity index is 1130. The Labute approximate surface area is 255 Å². The van der Waals surface area contributed by atoms with E-state index in [0.717, 1.165) is 43.5 Å². The Morgan fingerprint density at radius 2 is 1.75 bits per heavy atom. The third-order valence-corrected chi connectivity index (χ3v) is 6.53. The Morgan fingerprint density at radius 1 is 1.12 bits per heavy atom. The van der Waals surface area contributed by atoms with Gasteiger partial charge in [-0.15, -0.1) is 6.58 Å². The summed E-state index contributed by atoms with van der Waals surface area (Å²) in [4.78, 5) is 27.3. The van der Waals surface area contributed by atoms with Crippen LogP contribution in [0.5, 0.6) is 5.75 Å². The van der Waals surface area contributed by atoms with E-state index in [1.807, 2.05) is 51.2 Å². The summed E-state index contributed by atoms with van der Waals surface area (Å²) in [6.45, 7) is 8.13. The number of rotatable bonds is 11. The number of allylic oxidation sites excluding steroid dienone is 1. The minimum Gasteiger partial charge on any atom is -0.846 e. The third-order valence-electron chi connectivity index (χ3n) is 6.53. The van der Waals surface area contributed by atoms with Crippen LogP contribution in [-0.2, 0) is 15.8 Å². The van der Waals surface area contributed by atoms with Crippen molar-refractivity contribution in [2.75, 3.05) is 13.6 Å². The number of aliphatic imine (C=N–C) groups is 1. The second kappa shape index (κ2) is 16.6. The molecule has 2 aromatic carbocycles. The van der Waals surface area contributed by atoms with Gasteiger partial charge in [-0.1, -0.05) is 56.7 Å². The van der Waals surface area contributed by atoms with E-state index in [2.05, 4.69) is 22.2 Å². The fourth-order valence-corrected chi connectivity index (χ4v) is 4.37. The van der Waals surface area contributed by atoms with Gasteiger partial charge in [0.2, 0.25) is 5.91 Å². The molecule has 0 radical (unpaired) electrons. The first-order valence-electron chi connectivity index (χ1n) is 12.8. The van der Waals surface area contributed by atoms with Crippen molar-refractivity contribution in [2.24, 2.45) is 16.3 Å². The molecule has 1 aliphatic rings. The topological polar surface area (TPSA) is 103 Å². The zero-order chi connectivity index (χ0) is 29.1. The molecule has 2 aromatic rings. The van der Waals surface area contributed by atoms with Gasteiger partial charge in [0.1, 0.15) is 17.3 Å². The number of carbonyl (C=O) groups is 2. The Hall–Kier alpha value is -2.66. The first-order chi connectivity index (χ1) is 18.5. The molecule has 0 saturated carbocycles. The number of nitrogens with zero attached hydrogens (tertiary/aromatic N) is 1. The number of amides is 2. The maximum Gasteiger partial charge on any atom is 1.00 e. The normalized spacial score (nSPS) is 18.2. The van der Waals surface area contributed by atoms with Crippen molar-refractivity contribution in [3.8, 4) is 5.75 Å². The van der Waals surface area contributed by atoms with Crippen LogP contribution in [-0.4, -0.2) is 31.4 Å². The van der Waals surface area contributed by atoms with Crippen LogP contribution >= 0.6 is 0 Å². The van der Waals surface area contributed by atoms with Crippen LogP contribution in [0.25, 0.3) is 0 Å². The quantitative estimate of drug-likeness (QED) is 0.244. The fourth-order valence-electron chi connectivity index (χ4n) is 4.37. The van der Waals surface area contributed by atoms with Crippen LogP contribution in [0.1, 0.15) is 56.8 Å². The summed E-state index contributed by atoms with van der Waals surface area (Å²) in [5.41, 5.74) is -0.935. The average molecular weight is 570 g/mol. The van der Waals surface area contributed by atoms with Gasteiger partial charge in [0.15, 0.2) is 0 Å².